The number of aromatic nitrogens is 1. The number of primary amides is 1. The highest BCUT2D eigenvalue weighted by Crippen LogP contribution is 2.37. The normalized spacial score (nSPS) is 11.3. The highest BCUT2D eigenvalue weighted by molar-refractivity contribution is 14.1. The number of hydrogen-bond acceptors (Lipinski definition) is 4. The minimum Gasteiger partial charge on any atom is -0.369 e. The Bertz CT molecular complexity index is 926. The number of thiazole rings is 1. The van der Waals surface area contributed by atoms with E-state index < -0.39 is 9.84 Å². The Morgan fingerprint density at radius 1 is 1.19 bits per heavy atom. The number of alkyl halides is 3. The molecular weight excluding hydrogens is 471 g/mol. The van der Waals surface area contributed by atoms with Gasteiger partial charge in [0, 0.05) is 44.3 Å². The van der Waals surface area contributed by atoms with Crippen LogP contribution in [0.5, 0.6) is 0 Å². The lowest BCUT2D eigenvalue weighted by Crippen LogP contribution is -2.13. The Kier molecular flexibility index (Phi) is 5.52. The van der Waals surface area contributed by atoms with Gasteiger partial charge in [0.15, 0.2) is 5.13 Å². The summed E-state index contributed by atoms with van der Waals surface area (Å²) >= 11 is 2.37. The molecule has 4 nitrogen and oxygen atoms in total. The molecule has 1 amide bonds. The van der Waals surface area contributed by atoms with Gasteiger partial charge in [-0.2, -0.15) is 8.78 Å². The molecular formula is C18H14F2IN3OS. The summed E-state index contributed by atoms with van der Waals surface area (Å²) in [5.74, 6) is -0.455. The molecule has 1 heterocycles. The number of halogens is 3. The van der Waals surface area contributed by atoms with Crippen LogP contribution in [0.15, 0.2) is 54.6 Å². The number of nitrogens with zero attached hydrogens (tertiary/aromatic N) is 1. The zero-order chi connectivity index (χ0) is 18.7. The summed E-state index contributed by atoms with van der Waals surface area (Å²) < 4.78 is 24.0. The van der Waals surface area contributed by atoms with Gasteiger partial charge < -0.3 is 11.1 Å². The van der Waals surface area contributed by atoms with Crippen molar-refractivity contribution < 1.29 is 13.6 Å². The van der Waals surface area contributed by atoms with Gasteiger partial charge >= 0.3 is 3.93 Å². The van der Waals surface area contributed by atoms with E-state index in [0.29, 0.717) is 16.5 Å². The van der Waals surface area contributed by atoms with E-state index in [4.69, 9.17) is 5.73 Å². The molecule has 0 unspecified atom stereocenters. The van der Waals surface area contributed by atoms with Crippen LogP contribution < -0.4 is 11.1 Å². The number of carbonyl (C=O) groups is 1. The first-order chi connectivity index (χ1) is 12.3. The lowest BCUT2D eigenvalue weighted by Gasteiger charge is -2.10. The average molecular weight is 485 g/mol. The number of anilines is 2. The van der Waals surface area contributed by atoms with Gasteiger partial charge in [-0.05, 0) is 12.1 Å². The second-order valence-electron chi connectivity index (χ2n) is 5.50. The molecule has 0 saturated heterocycles. The van der Waals surface area contributed by atoms with Gasteiger partial charge in [-0.1, -0.05) is 42.5 Å². The van der Waals surface area contributed by atoms with Gasteiger partial charge in [-0.15, -0.1) is 11.3 Å². The van der Waals surface area contributed by atoms with Gasteiger partial charge in [0.1, 0.15) is 0 Å². The van der Waals surface area contributed by atoms with Crippen molar-refractivity contribution in [2.45, 2.75) is 10.4 Å². The fourth-order valence-electron chi connectivity index (χ4n) is 2.40. The van der Waals surface area contributed by atoms with Gasteiger partial charge in [-0.25, -0.2) is 4.98 Å². The second-order valence-corrected chi connectivity index (χ2v) is 7.94. The van der Waals surface area contributed by atoms with Crippen LogP contribution in [0.1, 0.15) is 10.4 Å². The maximum absolute atomic E-state index is 13.5. The lowest BCUT2D eigenvalue weighted by molar-refractivity contribution is -0.117. The van der Waals surface area contributed by atoms with Crippen molar-refractivity contribution in [2.24, 2.45) is 5.73 Å². The predicted octanol–water partition coefficient (Wildman–Crippen LogP) is 5.07. The molecule has 2 aromatic carbocycles. The van der Waals surface area contributed by atoms with Crippen LogP contribution in [0.25, 0.3) is 11.3 Å². The summed E-state index contributed by atoms with van der Waals surface area (Å²) in [7, 11) is 0. The first-order valence-electron chi connectivity index (χ1n) is 7.60. The summed E-state index contributed by atoms with van der Waals surface area (Å²) in [6.07, 6.45) is 0.0649. The minimum atomic E-state index is -2.95. The van der Waals surface area contributed by atoms with E-state index in [1.165, 1.54) is 23.5 Å². The van der Waals surface area contributed by atoms with Crippen molar-refractivity contribution in [1.29, 1.82) is 0 Å². The third-order valence-corrected chi connectivity index (χ3v) is 5.11. The van der Waals surface area contributed by atoms with Crippen molar-refractivity contribution in [3.05, 3.63) is 65.0 Å². The molecule has 0 radical (unpaired) electrons. The van der Waals surface area contributed by atoms with E-state index in [-0.39, 0.29) is 12.0 Å². The summed E-state index contributed by atoms with van der Waals surface area (Å²) in [5.41, 5.74) is 7.26. The number of benzene rings is 2. The number of nitrogens with two attached hydrogens (primary N) is 1. The Labute approximate surface area is 166 Å². The maximum Gasteiger partial charge on any atom is 0.321 e. The number of amides is 1. The number of nitrogens with one attached hydrogen (secondary N) is 1. The van der Waals surface area contributed by atoms with Crippen LogP contribution in [0.4, 0.5) is 19.6 Å². The van der Waals surface area contributed by atoms with Crippen molar-refractivity contribution >= 4 is 50.7 Å². The number of carbonyl (C=O) groups excluding carboxylic acids is 1. The summed E-state index contributed by atoms with van der Waals surface area (Å²) in [6, 6.07) is 15.4. The molecule has 26 heavy (non-hydrogen) atoms. The molecule has 0 atom stereocenters. The predicted molar refractivity (Wildman–Crippen MR) is 108 cm³/mol. The van der Waals surface area contributed by atoms with Crippen molar-refractivity contribution in [1.82, 2.24) is 4.98 Å². The average Bonchev–Trinajstić information content (AvgIpc) is 2.96. The van der Waals surface area contributed by atoms with E-state index in [1.807, 2.05) is 30.3 Å². The van der Waals surface area contributed by atoms with Crippen LogP contribution in [-0.4, -0.2) is 10.9 Å². The van der Waals surface area contributed by atoms with Crippen LogP contribution >= 0.6 is 33.9 Å². The summed E-state index contributed by atoms with van der Waals surface area (Å²) in [6.45, 7) is 0. The van der Waals surface area contributed by atoms with Gasteiger partial charge in [0.05, 0.1) is 12.1 Å². The molecule has 0 aliphatic rings. The standard InChI is InChI=1S/C18H14F2IN3OS/c19-18(20,21)12-7-4-8-13(9-12)23-17-24-16(11-5-2-1-3-6-11)14(26-17)10-15(22)25/h1-9H,10H2,(H2,22,25)(H,23,24). The Morgan fingerprint density at radius 3 is 2.58 bits per heavy atom. The Balaban J connectivity index is 1.94. The molecule has 0 saturated carbocycles. The SMILES string of the molecule is NC(=O)Cc1sc(Nc2cccc(C(F)(F)I)c2)nc1-c1ccccc1. The quantitative estimate of drug-likeness (QED) is 0.379. The summed E-state index contributed by atoms with van der Waals surface area (Å²) in [4.78, 5) is 16.6. The highest BCUT2D eigenvalue weighted by Gasteiger charge is 2.26. The largest absolute Gasteiger partial charge is 0.369 e. The van der Waals surface area contributed by atoms with Crippen LogP contribution in [0.3, 0.4) is 0 Å². The maximum atomic E-state index is 13.5. The van der Waals surface area contributed by atoms with Gasteiger partial charge in [0.2, 0.25) is 5.91 Å². The lowest BCUT2D eigenvalue weighted by atomic mass is 10.1. The molecule has 8 heteroatoms. The van der Waals surface area contributed by atoms with Crippen molar-refractivity contribution in [3.8, 4) is 11.3 Å². The molecule has 3 N–H and O–H groups in total. The molecule has 3 rings (SSSR count). The molecule has 3 aromatic rings. The molecule has 0 bridgehead atoms. The minimum absolute atomic E-state index is 0.0649. The molecule has 134 valence electrons. The molecule has 0 aliphatic heterocycles. The van der Waals surface area contributed by atoms with Gasteiger partial charge in [0.25, 0.3) is 0 Å². The fraction of sp³-hybridized carbons (Fsp3) is 0.111. The van der Waals surface area contributed by atoms with E-state index in [2.05, 4.69) is 10.3 Å². The molecule has 0 spiro atoms. The smallest absolute Gasteiger partial charge is 0.321 e. The van der Waals surface area contributed by atoms with E-state index in [1.54, 1.807) is 12.1 Å². The van der Waals surface area contributed by atoms with Crippen molar-refractivity contribution in [2.75, 3.05) is 5.32 Å². The zero-order valence-corrected chi connectivity index (χ0v) is 16.4. The fourth-order valence-corrected chi connectivity index (χ4v) is 3.75. The number of rotatable bonds is 6. The Morgan fingerprint density at radius 2 is 1.92 bits per heavy atom. The molecule has 1 aromatic heterocycles. The first kappa shape index (κ1) is 18.7. The topological polar surface area (TPSA) is 68.0 Å². The summed E-state index contributed by atoms with van der Waals surface area (Å²) in [5, 5.41) is 3.55. The molecule has 0 aliphatic carbocycles. The third-order valence-electron chi connectivity index (χ3n) is 3.52. The van der Waals surface area contributed by atoms with E-state index in [9.17, 15) is 13.6 Å². The molecule has 0 fully saturated rings. The van der Waals surface area contributed by atoms with E-state index in [0.717, 1.165) is 33.0 Å². The van der Waals surface area contributed by atoms with Crippen LogP contribution in [0, 0.1) is 0 Å². The second kappa shape index (κ2) is 7.67. The third kappa shape index (κ3) is 4.55. The zero-order valence-electron chi connectivity index (χ0n) is 13.4. The first-order valence-corrected chi connectivity index (χ1v) is 9.50. The Hall–Kier alpha value is -2.07. The van der Waals surface area contributed by atoms with Crippen LogP contribution in [-0.2, 0) is 15.1 Å². The van der Waals surface area contributed by atoms with Crippen molar-refractivity contribution in [3.63, 3.8) is 0 Å². The number of hydrogen-bond donors (Lipinski definition) is 2. The van der Waals surface area contributed by atoms with Crippen LogP contribution in [0.2, 0.25) is 0 Å². The highest BCUT2D eigenvalue weighted by atomic mass is 127. The van der Waals surface area contributed by atoms with E-state index >= 15 is 0 Å². The van der Waals surface area contributed by atoms with Gasteiger partial charge in [-0.3, -0.25) is 4.79 Å². The monoisotopic (exact) mass is 485 g/mol.